The van der Waals surface area contributed by atoms with Crippen LogP contribution in [0.4, 0.5) is 0 Å². The maximum absolute atomic E-state index is 13.0. The van der Waals surface area contributed by atoms with Crippen LogP contribution in [0.1, 0.15) is 20.9 Å². The molecule has 0 unspecified atom stereocenters. The summed E-state index contributed by atoms with van der Waals surface area (Å²) in [4.78, 5) is 18.3. The third-order valence-corrected chi connectivity index (χ3v) is 7.66. The lowest BCUT2D eigenvalue weighted by molar-refractivity contribution is 0.0943. The average Bonchev–Trinajstić information content (AvgIpc) is 3.40. The number of amides is 1. The van der Waals surface area contributed by atoms with Gasteiger partial charge < -0.3 is 9.88 Å². The van der Waals surface area contributed by atoms with Gasteiger partial charge in [0.15, 0.2) is 0 Å². The van der Waals surface area contributed by atoms with E-state index in [0.29, 0.717) is 24.2 Å². The van der Waals surface area contributed by atoms with Crippen LogP contribution in [0.2, 0.25) is 0 Å². The number of benzene rings is 1. The van der Waals surface area contributed by atoms with Crippen molar-refractivity contribution in [2.24, 2.45) is 0 Å². The Morgan fingerprint density at radius 1 is 1.13 bits per heavy atom. The van der Waals surface area contributed by atoms with Crippen LogP contribution in [0.3, 0.4) is 0 Å². The molecule has 1 amide bonds. The fraction of sp³-hybridized carbons (Fsp3) is 0.182. The van der Waals surface area contributed by atoms with Crippen molar-refractivity contribution in [1.29, 1.82) is 0 Å². The number of thiophene rings is 1. The zero-order valence-electron chi connectivity index (χ0n) is 17.1. The number of fused-ring (bicyclic) bond motifs is 1. The number of rotatable bonds is 7. The van der Waals surface area contributed by atoms with Crippen molar-refractivity contribution in [3.8, 4) is 0 Å². The molecule has 0 aliphatic heterocycles. The van der Waals surface area contributed by atoms with Gasteiger partial charge in [-0.3, -0.25) is 9.78 Å². The first-order valence-corrected chi connectivity index (χ1v) is 11.9. The van der Waals surface area contributed by atoms with Crippen LogP contribution in [0.5, 0.6) is 0 Å². The molecule has 7 nitrogen and oxygen atoms in total. The molecule has 0 saturated heterocycles. The molecule has 4 rings (SSSR count). The number of nitrogens with zero attached hydrogens (tertiary/aromatic N) is 3. The fourth-order valence-corrected chi connectivity index (χ4v) is 4.90. The van der Waals surface area contributed by atoms with E-state index in [-0.39, 0.29) is 10.8 Å². The number of pyridine rings is 1. The first-order valence-electron chi connectivity index (χ1n) is 9.61. The van der Waals surface area contributed by atoms with Crippen LogP contribution < -0.4 is 5.32 Å². The van der Waals surface area contributed by atoms with E-state index in [2.05, 4.69) is 10.3 Å². The van der Waals surface area contributed by atoms with Crippen LogP contribution in [0, 0.1) is 0 Å². The van der Waals surface area contributed by atoms with Gasteiger partial charge >= 0.3 is 0 Å². The van der Waals surface area contributed by atoms with Crippen molar-refractivity contribution in [2.75, 3.05) is 14.1 Å². The van der Waals surface area contributed by atoms with Gasteiger partial charge in [0.05, 0.1) is 11.4 Å². The summed E-state index contributed by atoms with van der Waals surface area (Å²) in [6, 6.07) is 14.4. The SMILES string of the molecule is CN(C)S(=O)(=O)c1ccc2c(c1)cc(C(=O)NCc1cccs1)n2Cc1ccncc1. The molecule has 1 N–H and O–H groups in total. The van der Waals surface area contributed by atoms with E-state index in [0.717, 1.165) is 16.0 Å². The zero-order valence-corrected chi connectivity index (χ0v) is 18.8. The summed E-state index contributed by atoms with van der Waals surface area (Å²) >= 11 is 1.58. The normalized spacial score (nSPS) is 11.8. The number of hydrogen-bond acceptors (Lipinski definition) is 5. The highest BCUT2D eigenvalue weighted by atomic mass is 32.2. The molecule has 4 aromatic rings. The molecule has 1 aromatic carbocycles. The van der Waals surface area contributed by atoms with Gasteiger partial charge in [0.25, 0.3) is 5.91 Å². The van der Waals surface area contributed by atoms with E-state index in [1.165, 1.54) is 18.4 Å². The Labute approximate surface area is 185 Å². The van der Waals surface area contributed by atoms with Gasteiger partial charge in [-0.1, -0.05) is 6.07 Å². The minimum absolute atomic E-state index is 0.191. The molecular weight excluding hydrogens is 432 g/mol. The standard InChI is InChI=1S/C22H22N4O3S2/c1-25(2)31(28,29)19-5-6-20-17(12-19)13-21(22(27)24-14-18-4-3-11-30-18)26(20)15-16-7-9-23-10-8-16/h3-13H,14-15H2,1-2H3,(H,24,27). The Morgan fingerprint density at radius 3 is 2.58 bits per heavy atom. The van der Waals surface area contributed by atoms with Crippen molar-refractivity contribution < 1.29 is 13.2 Å². The summed E-state index contributed by atoms with van der Waals surface area (Å²) in [7, 11) is -0.579. The lowest BCUT2D eigenvalue weighted by Crippen LogP contribution is -2.25. The molecule has 0 aliphatic rings. The number of carbonyl (C=O) groups is 1. The second-order valence-corrected chi connectivity index (χ2v) is 10.4. The maximum Gasteiger partial charge on any atom is 0.268 e. The summed E-state index contributed by atoms with van der Waals surface area (Å²) in [5.74, 6) is -0.212. The minimum atomic E-state index is -3.57. The predicted molar refractivity (Wildman–Crippen MR) is 122 cm³/mol. The van der Waals surface area contributed by atoms with Crippen molar-refractivity contribution >= 4 is 38.2 Å². The van der Waals surface area contributed by atoms with Gasteiger partial charge in [-0.25, -0.2) is 12.7 Å². The van der Waals surface area contributed by atoms with Crippen LogP contribution in [-0.2, 0) is 23.1 Å². The molecular formula is C22H22N4O3S2. The second kappa shape index (κ2) is 8.62. The summed E-state index contributed by atoms with van der Waals surface area (Å²) < 4.78 is 28.2. The van der Waals surface area contributed by atoms with E-state index in [9.17, 15) is 13.2 Å². The van der Waals surface area contributed by atoms with Gasteiger partial charge in [-0.15, -0.1) is 11.3 Å². The number of hydrogen-bond donors (Lipinski definition) is 1. The Morgan fingerprint density at radius 2 is 1.90 bits per heavy atom. The summed E-state index contributed by atoms with van der Waals surface area (Å²) in [5.41, 5.74) is 2.25. The molecule has 9 heteroatoms. The Bertz CT molecular complexity index is 1310. The average molecular weight is 455 g/mol. The number of aromatic nitrogens is 2. The van der Waals surface area contributed by atoms with Crippen molar-refractivity contribution in [3.63, 3.8) is 0 Å². The van der Waals surface area contributed by atoms with Crippen LogP contribution >= 0.6 is 11.3 Å². The quantitative estimate of drug-likeness (QED) is 0.464. The number of carbonyl (C=O) groups excluding carboxylic acids is 1. The first kappa shape index (κ1) is 21.2. The molecule has 3 aromatic heterocycles. The van der Waals surface area contributed by atoms with Crippen molar-refractivity contribution in [1.82, 2.24) is 19.2 Å². The third kappa shape index (κ3) is 4.39. The molecule has 0 radical (unpaired) electrons. The van der Waals surface area contributed by atoms with Gasteiger partial charge in [0.1, 0.15) is 5.69 Å². The molecule has 31 heavy (non-hydrogen) atoms. The molecule has 0 spiro atoms. The van der Waals surface area contributed by atoms with Crippen LogP contribution in [0.25, 0.3) is 10.9 Å². The van der Waals surface area contributed by atoms with Crippen LogP contribution in [0.15, 0.2) is 71.2 Å². The van der Waals surface area contributed by atoms with Crippen LogP contribution in [-0.4, -0.2) is 42.3 Å². The highest BCUT2D eigenvalue weighted by Crippen LogP contribution is 2.26. The lowest BCUT2D eigenvalue weighted by atomic mass is 10.2. The molecule has 0 saturated carbocycles. The monoisotopic (exact) mass is 454 g/mol. The summed E-state index contributed by atoms with van der Waals surface area (Å²) in [6.07, 6.45) is 3.42. The minimum Gasteiger partial charge on any atom is -0.346 e. The first-order chi connectivity index (χ1) is 14.9. The molecule has 0 aliphatic carbocycles. The smallest absolute Gasteiger partial charge is 0.268 e. The maximum atomic E-state index is 13.0. The van der Waals surface area contributed by atoms with Crippen molar-refractivity contribution in [3.05, 3.63) is 82.4 Å². The highest BCUT2D eigenvalue weighted by Gasteiger charge is 2.21. The number of sulfonamides is 1. The predicted octanol–water partition coefficient (Wildman–Crippen LogP) is 3.33. The van der Waals surface area contributed by atoms with Crippen molar-refractivity contribution in [2.45, 2.75) is 18.0 Å². The Kier molecular flexibility index (Phi) is 5.90. The van der Waals surface area contributed by atoms with E-state index in [1.54, 1.807) is 48.0 Å². The summed E-state index contributed by atoms with van der Waals surface area (Å²) in [6.45, 7) is 0.904. The largest absolute Gasteiger partial charge is 0.346 e. The van der Waals surface area contributed by atoms with Gasteiger partial charge in [-0.2, -0.15) is 0 Å². The Hall–Kier alpha value is -3.01. The molecule has 3 heterocycles. The lowest BCUT2D eigenvalue weighted by Gasteiger charge is -2.13. The highest BCUT2D eigenvalue weighted by molar-refractivity contribution is 7.89. The van der Waals surface area contributed by atoms with E-state index >= 15 is 0 Å². The van der Waals surface area contributed by atoms with E-state index < -0.39 is 10.0 Å². The molecule has 0 bridgehead atoms. The fourth-order valence-electron chi connectivity index (χ4n) is 3.32. The second-order valence-electron chi connectivity index (χ2n) is 7.24. The molecule has 0 fully saturated rings. The molecule has 160 valence electrons. The summed E-state index contributed by atoms with van der Waals surface area (Å²) in [5, 5.41) is 5.62. The number of nitrogens with one attached hydrogen (secondary N) is 1. The third-order valence-electron chi connectivity index (χ3n) is 4.98. The van der Waals surface area contributed by atoms with E-state index in [4.69, 9.17) is 0 Å². The van der Waals surface area contributed by atoms with Gasteiger partial charge in [0.2, 0.25) is 10.0 Å². The zero-order chi connectivity index (χ0) is 22.0. The van der Waals surface area contributed by atoms with E-state index in [1.807, 2.05) is 34.2 Å². The van der Waals surface area contributed by atoms with Gasteiger partial charge in [-0.05, 0) is 53.4 Å². The van der Waals surface area contributed by atoms with Gasteiger partial charge in [0, 0.05) is 48.8 Å². The molecule has 0 atom stereocenters. The Balaban J connectivity index is 1.76. The topological polar surface area (TPSA) is 84.3 Å².